The van der Waals surface area contributed by atoms with Crippen LogP contribution in [0.4, 0.5) is 0 Å². The number of aromatic nitrogens is 2. The summed E-state index contributed by atoms with van der Waals surface area (Å²) >= 11 is 0. The monoisotopic (exact) mass is 230 g/mol. The van der Waals surface area contributed by atoms with E-state index in [1.165, 1.54) is 10.9 Å². The number of ketones is 1. The van der Waals surface area contributed by atoms with Gasteiger partial charge in [0, 0.05) is 12.4 Å². The quantitative estimate of drug-likeness (QED) is 0.799. The highest BCUT2D eigenvalue weighted by atomic mass is 16.4. The normalized spacial score (nSPS) is 12.0. The highest BCUT2D eigenvalue weighted by Crippen LogP contribution is 2.18. The van der Waals surface area contributed by atoms with E-state index in [1.807, 2.05) is 0 Å². The third-order valence-corrected chi connectivity index (χ3v) is 2.36. The van der Waals surface area contributed by atoms with Gasteiger partial charge in [-0.1, -0.05) is 30.3 Å². The highest BCUT2D eigenvalue weighted by molar-refractivity contribution is 6.34. The number of carbonyl (C=O) groups excluding carboxylic acids is 1. The summed E-state index contributed by atoms with van der Waals surface area (Å²) in [6.45, 7) is 0. The van der Waals surface area contributed by atoms with E-state index in [0.717, 1.165) is 0 Å². The molecule has 0 amide bonds. The summed E-state index contributed by atoms with van der Waals surface area (Å²) in [5.41, 5.74) is 0.601. The Morgan fingerprint density at radius 2 is 1.88 bits per heavy atom. The fourth-order valence-electron chi connectivity index (χ4n) is 1.61. The number of hydrogen-bond acceptors (Lipinski definition) is 3. The maximum absolute atomic E-state index is 11.7. The van der Waals surface area contributed by atoms with Crippen molar-refractivity contribution in [2.24, 2.45) is 0 Å². The van der Waals surface area contributed by atoms with Gasteiger partial charge in [0.05, 0.1) is 0 Å². The molecule has 0 saturated carbocycles. The van der Waals surface area contributed by atoms with Crippen LogP contribution in [0.1, 0.15) is 11.6 Å². The number of benzene rings is 1. The number of hydrogen-bond donors (Lipinski definition) is 1. The Kier molecular flexibility index (Phi) is 3.00. The standard InChI is InChI=1S/C12H10N2O3/c15-11(12(16)17)10(14-8-4-7-13-14)9-5-2-1-3-6-9/h1-8,10H,(H,16,17). The topological polar surface area (TPSA) is 72.2 Å². The molecule has 5 heteroatoms. The van der Waals surface area contributed by atoms with Crippen molar-refractivity contribution in [1.29, 1.82) is 0 Å². The van der Waals surface area contributed by atoms with E-state index >= 15 is 0 Å². The number of rotatable bonds is 4. The van der Waals surface area contributed by atoms with Crippen molar-refractivity contribution in [3.05, 3.63) is 54.4 Å². The van der Waals surface area contributed by atoms with Crippen molar-refractivity contribution >= 4 is 11.8 Å². The maximum atomic E-state index is 11.7. The third-order valence-electron chi connectivity index (χ3n) is 2.36. The molecule has 86 valence electrons. The van der Waals surface area contributed by atoms with E-state index in [9.17, 15) is 9.59 Å². The lowest BCUT2D eigenvalue weighted by Crippen LogP contribution is -2.27. The number of carboxylic acid groups (broad SMARTS) is 1. The van der Waals surface area contributed by atoms with E-state index < -0.39 is 17.8 Å². The minimum absolute atomic E-state index is 0.601. The molecule has 0 radical (unpaired) electrons. The van der Waals surface area contributed by atoms with Crippen LogP contribution in [0, 0.1) is 0 Å². The van der Waals surface area contributed by atoms with Gasteiger partial charge in [-0.15, -0.1) is 0 Å². The summed E-state index contributed by atoms with van der Waals surface area (Å²) in [4.78, 5) is 22.5. The Bertz CT molecular complexity index is 520. The van der Waals surface area contributed by atoms with Crippen molar-refractivity contribution in [3.8, 4) is 0 Å². The van der Waals surface area contributed by atoms with Crippen LogP contribution in [0.2, 0.25) is 0 Å². The Morgan fingerprint density at radius 1 is 1.18 bits per heavy atom. The van der Waals surface area contributed by atoms with Crippen molar-refractivity contribution in [2.75, 3.05) is 0 Å². The zero-order valence-corrected chi connectivity index (χ0v) is 8.85. The summed E-state index contributed by atoms with van der Waals surface area (Å²) in [6, 6.07) is 9.44. The zero-order valence-electron chi connectivity index (χ0n) is 8.85. The molecule has 0 spiro atoms. The first-order valence-corrected chi connectivity index (χ1v) is 5.01. The van der Waals surface area contributed by atoms with Gasteiger partial charge in [-0.2, -0.15) is 5.10 Å². The predicted molar refractivity (Wildman–Crippen MR) is 59.5 cm³/mol. The Hall–Kier alpha value is -2.43. The average Bonchev–Trinajstić information content (AvgIpc) is 2.84. The zero-order chi connectivity index (χ0) is 12.3. The van der Waals surface area contributed by atoms with E-state index in [1.54, 1.807) is 42.6 Å². The molecule has 1 aromatic carbocycles. The number of aliphatic carboxylic acids is 1. The molecule has 1 atom stereocenters. The van der Waals surface area contributed by atoms with Crippen LogP contribution in [0.3, 0.4) is 0 Å². The number of Topliss-reactive ketones (excluding diaryl/α,β-unsaturated/α-hetero) is 1. The Labute approximate surface area is 97.3 Å². The molecule has 0 aliphatic carbocycles. The molecule has 0 bridgehead atoms. The van der Waals surface area contributed by atoms with Gasteiger partial charge in [0.1, 0.15) is 6.04 Å². The van der Waals surface area contributed by atoms with E-state index in [-0.39, 0.29) is 0 Å². The fourth-order valence-corrected chi connectivity index (χ4v) is 1.61. The van der Waals surface area contributed by atoms with E-state index in [2.05, 4.69) is 5.10 Å². The summed E-state index contributed by atoms with van der Waals surface area (Å²) in [5.74, 6) is -2.37. The first-order chi connectivity index (χ1) is 8.20. The fraction of sp³-hybridized carbons (Fsp3) is 0.0833. The van der Waals surface area contributed by atoms with Crippen LogP contribution in [0.15, 0.2) is 48.8 Å². The van der Waals surface area contributed by atoms with Crippen LogP contribution in [0.5, 0.6) is 0 Å². The van der Waals surface area contributed by atoms with Crippen LogP contribution >= 0.6 is 0 Å². The first-order valence-electron chi connectivity index (χ1n) is 5.01. The Morgan fingerprint density at radius 3 is 2.41 bits per heavy atom. The lowest BCUT2D eigenvalue weighted by Gasteiger charge is -2.14. The molecule has 1 heterocycles. The molecule has 0 aliphatic heterocycles. The van der Waals surface area contributed by atoms with Gasteiger partial charge in [-0.3, -0.25) is 9.48 Å². The average molecular weight is 230 g/mol. The van der Waals surface area contributed by atoms with Gasteiger partial charge in [-0.25, -0.2) is 4.79 Å². The molecule has 0 saturated heterocycles. The van der Waals surface area contributed by atoms with Crippen LogP contribution in [-0.4, -0.2) is 26.6 Å². The molecule has 1 aromatic heterocycles. The van der Waals surface area contributed by atoms with Crippen LogP contribution in [0.25, 0.3) is 0 Å². The summed E-state index contributed by atoms with van der Waals surface area (Å²) in [7, 11) is 0. The second kappa shape index (κ2) is 4.61. The van der Waals surface area contributed by atoms with Crippen molar-refractivity contribution in [3.63, 3.8) is 0 Å². The number of carboxylic acids is 1. The van der Waals surface area contributed by atoms with Gasteiger partial charge >= 0.3 is 5.97 Å². The molecule has 1 N–H and O–H groups in total. The molecule has 1 unspecified atom stereocenters. The number of carbonyl (C=O) groups is 2. The SMILES string of the molecule is O=C(O)C(=O)C(c1ccccc1)n1cccn1. The lowest BCUT2D eigenvalue weighted by molar-refractivity contribution is -0.150. The van der Waals surface area contributed by atoms with Crippen LogP contribution < -0.4 is 0 Å². The molecule has 0 aliphatic rings. The Balaban J connectivity index is 2.45. The van der Waals surface area contributed by atoms with E-state index in [4.69, 9.17) is 5.11 Å². The first kappa shape index (κ1) is 11.1. The van der Waals surface area contributed by atoms with Crippen molar-refractivity contribution < 1.29 is 14.7 Å². The van der Waals surface area contributed by atoms with Gasteiger partial charge in [-0.05, 0) is 11.6 Å². The maximum Gasteiger partial charge on any atom is 0.374 e. The van der Waals surface area contributed by atoms with Gasteiger partial charge < -0.3 is 5.11 Å². The largest absolute Gasteiger partial charge is 0.475 e. The molecule has 2 aromatic rings. The predicted octanol–water partition coefficient (Wildman–Crippen LogP) is 1.13. The van der Waals surface area contributed by atoms with Gasteiger partial charge in [0.25, 0.3) is 5.78 Å². The second-order valence-corrected chi connectivity index (χ2v) is 3.47. The molecular weight excluding hydrogens is 220 g/mol. The molecule has 2 rings (SSSR count). The molecular formula is C12H10N2O3. The molecule has 0 fully saturated rings. The number of nitrogens with zero attached hydrogens (tertiary/aromatic N) is 2. The van der Waals surface area contributed by atoms with Crippen LogP contribution in [-0.2, 0) is 9.59 Å². The lowest BCUT2D eigenvalue weighted by atomic mass is 10.0. The van der Waals surface area contributed by atoms with Crippen molar-refractivity contribution in [1.82, 2.24) is 9.78 Å². The highest BCUT2D eigenvalue weighted by Gasteiger charge is 2.28. The van der Waals surface area contributed by atoms with E-state index in [0.29, 0.717) is 5.56 Å². The van der Waals surface area contributed by atoms with Gasteiger partial charge in [0.2, 0.25) is 0 Å². The minimum Gasteiger partial charge on any atom is -0.475 e. The molecule has 17 heavy (non-hydrogen) atoms. The summed E-state index contributed by atoms with van der Waals surface area (Å²) in [6.07, 6.45) is 3.07. The molecule has 5 nitrogen and oxygen atoms in total. The van der Waals surface area contributed by atoms with Crippen molar-refractivity contribution in [2.45, 2.75) is 6.04 Å². The van der Waals surface area contributed by atoms with Gasteiger partial charge in [0.15, 0.2) is 0 Å². The summed E-state index contributed by atoms with van der Waals surface area (Å²) in [5, 5.41) is 12.8. The second-order valence-electron chi connectivity index (χ2n) is 3.47. The third kappa shape index (κ3) is 2.23. The summed E-state index contributed by atoms with van der Waals surface area (Å²) < 4.78 is 1.34. The smallest absolute Gasteiger partial charge is 0.374 e. The minimum atomic E-state index is -1.46.